The van der Waals surface area contributed by atoms with Crippen molar-refractivity contribution in [2.24, 2.45) is 11.7 Å². The van der Waals surface area contributed by atoms with Crippen molar-refractivity contribution in [3.8, 4) is 0 Å². The summed E-state index contributed by atoms with van der Waals surface area (Å²) >= 11 is 0. The highest BCUT2D eigenvalue weighted by molar-refractivity contribution is 5.80. The number of rotatable bonds is 5. The van der Waals surface area contributed by atoms with Gasteiger partial charge >= 0.3 is 5.97 Å². The van der Waals surface area contributed by atoms with Crippen LogP contribution < -0.4 is 5.73 Å². The second-order valence-corrected chi connectivity index (χ2v) is 4.20. The molecule has 1 aliphatic heterocycles. The van der Waals surface area contributed by atoms with Crippen LogP contribution in [-0.2, 0) is 14.3 Å². The van der Waals surface area contributed by atoms with Crippen LogP contribution >= 0.6 is 0 Å². The number of nitrogens with zero attached hydrogens (tertiary/aromatic N) is 1. The Bertz CT molecular complexity index is 279. The van der Waals surface area contributed by atoms with Crippen LogP contribution in [0, 0.1) is 5.92 Å². The molecule has 6 heteroatoms. The van der Waals surface area contributed by atoms with Gasteiger partial charge < -0.3 is 20.5 Å². The van der Waals surface area contributed by atoms with Gasteiger partial charge in [0.05, 0.1) is 31.6 Å². The first-order chi connectivity index (χ1) is 8.10. The number of carboxylic acids is 1. The molecule has 3 N–H and O–H groups in total. The average molecular weight is 244 g/mol. The Labute approximate surface area is 101 Å². The maximum atomic E-state index is 12.1. The lowest BCUT2D eigenvalue weighted by Gasteiger charge is -2.36. The number of hydrogen-bond donors (Lipinski definition) is 2. The molecule has 0 aromatic rings. The van der Waals surface area contributed by atoms with E-state index in [-0.39, 0.29) is 24.3 Å². The van der Waals surface area contributed by atoms with Gasteiger partial charge in [0.15, 0.2) is 0 Å². The quantitative estimate of drug-likeness (QED) is 0.691. The lowest BCUT2D eigenvalue weighted by Crippen LogP contribution is -2.52. The standard InChI is InChI=1S/C11H20N2O4/c1-2-8(6-12)11(16)13-3-4-17-7-9(13)5-10(14)15/h8-9H,2-7,12H2,1H3,(H,14,15). The molecule has 0 spiro atoms. The smallest absolute Gasteiger partial charge is 0.305 e. The van der Waals surface area contributed by atoms with Crippen molar-refractivity contribution in [3.63, 3.8) is 0 Å². The summed E-state index contributed by atoms with van der Waals surface area (Å²) < 4.78 is 5.22. The van der Waals surface area contributed by atoms with Gasteiger partial charge in [-0.15, -0.1) is 0 Å². The molecular weight excluding hydrogens is 224 g/mol. The number of carbonyl (C=O) groups is 2. The molecule has 1 rings (SSSR count). The largest absolute Gasteiger partial charge is 0.481 e. The topological polar surface area (TPSA) is 92.9 Å². The number of carboxylic acid groups (broad SMARTS) is 1. The first kappa shape index (κ1) is 13.9. The summed E-state index contributed by atoms with van der Waals surface area (Å²) in [7, 11) is 0. The van der Waals surface area contributed by atoms with Crippen molar-refractivity contribution in [1.29, 1.82) is 0 Å². The molecule has 1 heterocycles. The summed E-state index contributed by atoms with van der Waals surface area (Å²) in [6, 6.07) is -0.366. The van der Waals surface area contributed by atoms with Crippen LogP contribution in [0.4, 0.5) is 0 Å². The molecule has 1 aliphatic rings. The molecule has 98 valence electrons. The SMILES string of the molecule is CCC(CN)C(=O)N1CCOCC1CC(=O)O. The van der Waals surface area contributed by atoms with E-state index in [4.69, 9.17) is 15.6 Å². The Hall–Kier alpha value is -1.14. The Kier molecular flexibility index (Phi) is 5.37. The third-order valence-corrected chi connectivity index (χ3v) is 3.05. The van der Waals surface area contributed by atoms with E-state index in [1.54, 1.807) is 4.90 Å². The predicted octanol–water partition coefficient (Wildman–Crippen LogP) is -0.327. The van der Waals surface area contributed by atoms with Gasteiger partial charge in [-0.05, 0) is 6.42 Å². The zero-order chi connectivity index (χ0) is 12.8. The molecule has 0 aromatic carbocycles. The summed E-state index contributed by atoms with van der Waals surface area (Å²) in [6.07, 6.45) is 0.596. The molecule has 0 aliphatic carbocycles. The van der Waals surface area contributed by atoms with Gasteiger partial charge in [0, 0.05) is 13.1 Å². The molecule has 1 fully saturated rings. The maximum absolute atomic E-state index is 12.1. The number of morpholine rings is 1. The van der Waals surface area contributed by atoms with E-state index in [0.29, 0.717) is 32.7 Å². The fourth-order valence-electron chi connectivity index (χ4n) is 1.99. The molecule has 6 nitrogen and oxygen atoms in total. The highest BCUT2D eigenvalue weighted by atomic mass is 16.5. The molecule has 0 bridgehead atoms. The number of amides is 1. The van der Waals surface area contributed by atoms with Crippen molar-refractivity contribution in [3.05, 3.63) is 0 Å². The van der Waals surface area contributed by atoms with Crippen LogP contribution in [-0.4, -0.2) is 54.2 Å². The van der Waals surface area contributed by atoms with E-state index >= 15 is 0 Å². The van der Waals surface area contributed by atoms with Gasteiger partial charge in [-0.2, -0.15) is 0 Å². The molecule has 0 aromatic heterocycles. The van der Waals surface area contributed by atoms with Crippen LogP contribution in [0.5, 0.6) is 0 Å². The fraction of sp³-hybridized carbons (Fsp3) is 0.818. The lowest BCUT2D eigenvalue weighted by atomic mass is 10.0. The van der Waals surface area contributed by atoms with Gasteiger partial charge in [-0.1, -0.05) is 6.92 Å². The number of aliphatic carboxylic acids is 1. The lowest BCUT2D eigenvalue weighted by molar-refractivity contribution is -0.148. The second kappa shape index (κ2) is 6.56. The van der Waals surface area contributed by atoms with Crippen LogP contribution in [0.2, 0.25) is 0 Å². The van der Waals surface area contributed by atoms with Crippen LogP contribution in [0.25, 0.3) is 0 Å². The summed E-state index contributed by atoms with van der Waals surface area (Å²) in [5.74, 6) is -1.19. The first-order valence-corrected chi connectivity index (χ1v) is 5.90. The molecule has 2 unspecified atom stereocenters. The van der Waals surface area contributed by atoms with E-state index in [2.05, 4.69) is 0 Å². The van der Waals surface area contributed by atoms with Crippen LogP contribution in [0.15, 0.2) is 0 Å². The third-order valence-electron chi connectivity index (χ3n) is 3.05. The van der Waals surface area contributed by atoms with E-state index < -0.39 is 5.97 Å². The van der Waals surface area contributed by atoms with Gasteiger partial charge in [-0.25, -0.2) is 0 Å². The van der Waals surface area contributed by atoms with Crippen molar-refractivity contribution in [2.75, 3.05) is 26.3 Å². The Morgan fingerprint density at radius 3 is 2.82 bits per heavy atom. The molecular formula is C11H20N2O4. The summed E-state index contributed by atoms with van der Waals surface area (Å²) in [5, 5.41) is 8.80. The van der Waals surface area contributed by atoms with Gasteiger partial charge in [0.2, 0.25) is 5.91 Å². The second-order valence-electron chi connectivity index (χ2n) is 4.20. The number of ether oxygens (including phenoxy) is 1. The Morgan fingerprint density at radius 2 is 2.29 bits per heavy atom. The van der Waals surface area contributed by atoms with E-state index in [0.717, 1.165) is 0 Å². The van der Waals surface area contributed by atoms with Crippen LogP contribution in [0.3, 0.4) is 0 Å². The Morgan fingerprint density at radius 1 is 1.59 bits per heavy atom. The van der Waals surface area contributed by atoms with Gasteiger partial charge in [-0.3, -0.25) is 9.59 Å². The molecule has 2 atom stereocenters. The normalized spacial score (nSPS) is 22.2. The Balaban J connectivity index is 2.69. The van der Waals surface area contributed by atoms with E-state index in [1.807, 2.05) is 6.92 Å². The van der Waals surface area contributed by atoms with E-state index in [1.165, 1.54) is 0 Å². The summed E-state index contributed by atoms with van der Waals surface area (Å²) in [4.78, 5) is 24.5. The summed E-state index contributed by atoms with van der Waals surface area (Å²) in [6.45, 7) is 3.41. The summed E-state index contributed by atoms with van der Waals surface area (Å²) in [5.41, 5.74) is 5.54. The molecule has 1 amide bonds. The van der Waals surface area contributed by atoms with E-state index in [9.17, 15) is 9.59 Å². The van der Waals surface area contributed by atoms with Gasteiger partial charge in [0.25, 0.3) is 0 Å². The zero-order valence-corrected chi connectivity index (χ0v) is 10.1. The average Bonchev–Trinajstić information content (AvgIpc) is 2.30. The molecule has 0 saturated carbocycles. The molecule has 17 heavy (non-hydrogen) atoms. The zero-order valence-electron chi connectivity index (χ0n) is 10.1. The number of hydrogen-bond acceptors (Lipinski definition) is 4. The fourth-order valence-corrected chi connectivity index (χ4v) is 1.99. The van der Waals surface area contributed by atoms with Gasteiger partial charge in [0.1, 0.15) is 0 Å². The maximum Gasteiger partial charge on any atom is 0.305 e. The molecule has 1 saturated heterocycles. The first-order valence-electron chi connectivity index (χ1n) is 5.90. The minimum absolute atomic E-state index is 0.0513. The molecule has 0 radical (unpaired) electrons. The van der Waals surface area contributed by atoms with Crippen LogP contribution in [0.1, 0.15) is 19.8 Å². The van der Waals surface area contributed by atoms with Crippen molar-refractivity contribution in [2.45, 2.75) is 25.8 Å². The minimum Gasteiger partial charge on any atom is -0.481 e. The number of nitrogens with two attached hydrogens (primary N) is 1. The van der Waals surface area contributed by atoms with Crippen molar-refractivity contribution in [1.82, 2.24) is 4.90 Å². The monoisotopic (exact) mass is 244 g/mol. The van der Waals surface area contributed by atoms with Crippen molar-refractivity contribution < 1.29 is 19.4 Å². The number of carbonyl (C=O) groups excluding carboxylic acids is 1. The highest BCUT2D eigenvalue weighted by Gasteiger charge is 2.31. The minimum atomic E-state index is -0.918. The predicted molar refractivity (Wildman–Crippen MR) is 61.4 cm³/mol. The third kappa shape index (κ3) is 3.67. The van der Waals surface area contributed by atoms with Crippen molar-refractivity contribution >= 4 is 11.9 Å². The highest BCUT2D eigenvalue weighted by Crippen LogP contribution is 2.15.